The van der Waals surface area contributed by atoms with Crippen LogP contribution in [-0.4, -0.2) is 80.5 Å². The van der Waals surface area contributed by atoms with Crippen molar-refractivity contribution < 1.29 is 18.7 Å². The third-order valence-electron chi connectivity index (χ3n) is 5.36. The van der Waals surface area contributed by atoms with Crippen LogP contribution in [0.25, 0.3) is 0 Å². The number of carbonyl (C=O) groups is 2. The summed E-state index contributed by atoms with van der Waals surface area (Å²) in [6, 6.07) is 4.14. The number of likely N-dealkylation sites (tertiary alicyclic amines) is 1. The maximum absolute atomic E-state index is 13.4. The van der Waals surface area contributed by atoms with Crippen LogP contribution in [0.3, 0.4) is 0 Å². The molecule has 28 heavy (non-hydrogen) atoms. The third kappa shape index (κ3) is 6.24. The van der Waals surface area contributed by atoms with Crippen LogP contribution in [0.2, 0.25) is 5.02 Å². The first-order chi connectivity index (χ1) is 13.5. The standard InChI is InChI=1S/C20H27ClFN3O3/c21-17-2-1-15(11-18(17)22)12-19(26)20(27)23-13-16-3-4-25(14-16)6-5-24-7-9-28-10-8-24/h1-2,11,16H,3-10,12-14H2,(H,23,27). The van der Waals surface area contributed by atoms with Crippen molar-refractivity contribution >= 4 is 23.3 Å². The summed E-state index contributed by atoms with van der Waals surface area (Å²) >= 11 is 5.63. The quantitative estimate of drug-likeness (QED) is 0.654. The lowest BCUT2D eigenvalue weighted by molar-refractivity contribution is -0.137. The fraction of sp³-hybridized carbons (Fsp3) is 0.600. The van der Waals surface area contributed by atoms with Crippen LogP contribution in [-0.2, 0) is 20.7 Å². The van der Waals surface area contributed by atoms with Gasteiger partial charge in [-0.2, -0.15) is 0 Å². The molecule has 1 unspecified atom stereocenters. The maximum atomic E-state index is 13.4. The monoisotopic (exact) mass is 411 g/mol. The number of nitrogens with one attached hydrogen (secondary N) is 1. The van der Waals surface area contributed by atoms with Crippen molar-refractivity contribution in [2.45, 2.75) is 12.8 Å². The van der Waals surface area contributed by atoms with E-state index in [0.29, 0.717) is 18.0 Å². The van der Waals surface area contributed by atoms with Crippen molar-refractivity contribution in [2.24, 2.45) is 5.92 Å². The molecule has 0 radical (unpaired) electrons. The van der Waals surface area contributed by atoms with Crippen LogP contribution in [0.5, 0.6) is 0 Å². The molecule has 0 spiro atoms. The largest absolute Gasteiger partial charge is 0.379 e. The van der Waals surface area contributed by atoms with E-state index in [2.05, 4.69) is 15.1 Å². The first-order valence-electron chi connectivity index (χ1n) is 9.78. The SMILES string of the molecule is O=C(Cc1ccc(Cl)c(F)c1)C(=O)NCC1CCN(CCN2CCOCC2)C1. The number of nitrogens with zero attached hydrogens (tertiary/aromatic N) is 2. The van der Waals surface area contributed by atoms with Gasteiger partial charge < -0.3 is 15.0 Å². The van der Waals surface area contributed by atoms with Crippen molar-refractivity contribution in [1.82, 2.24) is 15.1 Å². The van der Waals surface area contributed by atoms with Crippen LogP contribution in [0.15, 0.2) is 18.2 Å². The number of hydrogen-bond donors (Lipinski definition) is 1. The van der Waals surface area contributed by atoms with Gasteiger partial charge in [0.2, 0.25) is 5.78 Å². The van der Waals surface area contributed by atoms with Gasteiger partial charge in [0.1, 0.15) is 5.82 Å². The Labute approximate surface area is 170 Å². The Morgan fingerprint density at radius 1 is 1.18 bits per heavy atom. The van der Waals surface area contributed by atoms with E-state index in [1.165, 1.54) is 12.1 Å². The molecule has 1 aromatic rings. The van der Waals surface area contributed by atoms with Gasteiger partial charge in [0, 0.05) is 45.7 Å². The molecule has 0 aromatic heterocycles. The number of halogens is 2. The highest BCUT2D eigenvalue weighted by Gasteiger charge is 2.24. The Morgan fingerprint density at radius 3 is 2.68 bits per heavy atom. The molecular formula is C20H27ClFN3O3. The number of rotatable bonds is 8. The molecular weight excluding hydrogens is 385 g/mol. The van der Waals surface area contributed by atoms with E-state index in [1.807, 2.05) is 0 Å². The van der Waals surface area contributed by atoms with Gasteiger partial charge in [-0.15, -0.1) is 0 Å². The Hall–Kier alpha value is -1.54. The van der Waals surface area contributed by atoms with Gasteiger partial charge in [-0.05, 0) is 36.6 Å². The van der Waals surface area contributed by atoms with E-state index < -0.39 is 17.5 Å². The lowest BCUT2D eigenvalue weighted by Crippen LogP contribution is -2.41. The summed E-state index contributed by atoms with van der Waals surface area (Å²) in [6.07, 6.45) is 0.885. The summed E-state index contributed by atoms with van der Waals surface area (Å²) in [5.41, 5.74) is 0.442. The van der Waals surface area contributed by atoms with Crippen LogP contribution in [0.1, 0.15) is 12.0 Å². The second-order valence-corrected chi connectivity index (χ2v) is 7.87. The topological polar surface area (TPSA) is 61.9 Å². The predicted octanol–water partition coefficient (Wildman–Crippen LogP) is 1.36. The molecule has 2 aliphatic rings. The number of morpholine rings is 1. The Kier molecular flexibility index (Phi) is 7.79. The normalized spacial score (nSPS) is 21.0. The highest BCUT2D eigenvalue weighted by atomic mass is 35.5. The number of ketones is 1. The molecule has 1 atom stereocenters. The van der Waals surface area contributed by atoms with Gasteiger partial charge in [0.25, 0.3) is 5.91 Å². The van der Waals surface area contributed by atoms with Crippen molar-refractivity contribution in [1.29, 1.82) is 0 Å². The molecule has 8 heteroatoms. The fourth-order valence-corrected chi connectivity index (χ4v) is 3.76. The first-order valence-corrected chi connectivity index (χ1v) is 10.2. The average molecular weight is 412 g/mol. The van der Waals surface area contributed by atoms with Crippen LogP contribution < -0.4 is 5.32 Å². The second kappa shape index (κ2) is 10.3. The summed E-state index contributed by atoms with van der Waals surface area (Å²) in [6.45, 7) is 8.11. The van der Waals surface area contributed by atoms with E-state index in [1.54, 1.807) is 6.07 Å². The van der Waals surface area contributed by atoms with Crippen LogP contribution in [0.4, 0.5) is 4.39 Å². The molecule has 1 N–H and O–H groups in total. The number of ether oxygens (including phenoxy) is 1. The van der Waals surface area contributed by atoms with Gasteiger partial charge in [0.05, 0.1) is 18.2 Å². The summed E-state index contributed by atoms with van der Waals surface area (Å²) in [4.78, 5) is 28.9. The van der Waals surface area contributed by atoms with E-state index >= 15 is 0 Å². The van der Waals surface area contributed by atoms with Gasteiger partial charge in [-0.3, -0.25) is 14.5 Å². The van der Waals surface area contributed by atoms with E-state index in [-0.39, 0.29) is 11.4 Å². The smallest absolute Gasteiger partial charge is 0.287 e. The average Bonchev–Trinajstić information content (AvgIpc) is 3.16. The van der Waals surface area contributed by atoms with Crippen molar-refractivity contribution in [3.63, 3.8) is 0 Å². The lowest BCUT2D eigenvalue weighted by Gasteiger charge is -2.28. The predicted molar refractivity (Wildman–Crippen MR) is 105 cm³/mol. The van der Waals surface area contributed by atoms with Crippen molar-refractivity contribution in [3.05, 3.63) is 34.6 Å². The number of amides is 1. The van der Waals surface area contributed by atoms with Gasteiger partial charge in [-0.25, -0.2) is 4.39 Å². The summed E-state index contributed by atoms with van der Waals surface area (Å²) in [5, 5.41) is 2.73. The van der Waals surface area contributed by atoms with Crippen LogP contribution >= 0.6 is 11.6 Å². The Morgan fingerprint density at radius 2 is 1.93 bits per heavy atom. The third-order valence-corrected chi connectivity index (χ3v) is 5.67. The summed E-state index contributed by atoms with van der Waals surface area (Å²) in [7, 11) is 0. The number of hydrogen-bond acceptors (Lipinski definition) is 5. The summed E-state index contributed by atoms with van der Waals surface area (Å²) in [5.74, 6) is -1.41. The highest BCUT2D eigenvalue weighted by molar-refractivity contribution is 6.36. The lowest BCUT2D eigenvalue weighted by atomic mass is 10.1. The first kappa shape index (κ1) is 21.2. The van der Waals surface area contributed by atoms with E-state index in [9.17, 15) is 14.0 Å². The molecule has 0 saturated carbocycles. The zero-order valence-electron chi connectivity index (χ0n) is 16.0. The molecule has 2 heterocycles. The Bertz CT molecular complexity index is 697. The van der Waals surface area contributed by atoms with Gasteiger partial charge in [0.15, 0.2) is 0 Å². The van der Waals surface area contributed by atoms with Gasteiger partial charge in [-0.1, -0.05) is 17.7 Å². The zero-order valence-corrected chi connectivity index (χ0v) is 16.7. The molecule has 6 nitrogen and oxygen atoms in total. The molecule has 0 bridgehead atoms. The molecule has 2 fully saturated rings. The zero-order chi connectivity index (χ0) is 19.9. The highest BCUT2D eigenvalue weighted by Crippen LogP contribution is 2.17. The molecule has 2 aliphatic heterocycles. The van der Waals surface area contributed by atoms with Crippen molar-refractivity contribution in [3.8, 4) is 0 Å². The number of Topliss-reactive ketones (excluding diaryl/α,β-unsaturated/α-hetero) is 1. The minimum atomic E-state index is -0.609. The van der Waals surface area contributed by atoms with E-state index in [0.717, 1.165) is 58.9 Å². The molecule has 2 saturated heterocycles. The molecule has 1 aromatic carbocycles. The van der Waals surface area contributed by atoms with Crippen LogP contribution in [0, 0.1) is 11.7 Å². The molecule has 1 amide bonds. The second-order valence-electron chi connectivity index (χ2n) is 7.47. The maximum Gasteiger partial charge on any atom is 0.287 e. The minimum Gasteiger partial charge on any atom is -0.379 e. The molecule has 0 aliphatic carbocycles. The summed E-state index contributed by atoms with van der Waals surface area (Å²) < 4.78 is 18.8. The van der Waals surface area contributed by atoms with E-state index in [4.69, 9.17) is 16.3 Å². The number of carbonyl (C=O) groups excluding carboxylic acids is 2. The molecule has 3 rings (SSSR count). The Balaban J connectivity index is 1.35. The minimum absolute atomic E-state index is 0.0000539. The fourth-order valence-electron chi connectivity index (χ4n) is 3.64. The van der Waals surface area contributed by atoms with Crippen molar-refractivity contribution in [2.75, 3.05) is 59.0 Å². The number of benzene rings is 1. The van der Waals surface area contributed by atoms with Gasteiger partial charge >= 0.3 is 0 Å². The molecule has 154 valence electrons.